The number of esters is 1. The van der Waals surface area contributed by atoms with Gasteiger partial charge in [-0.2, -0.15) is 0 Å². The summed E-state index contributed by atoms with van der Waals surface area (Å²) < 4.78 is 23.7. The number of rotatable bonds is 1. The lowest BCUT2D eigenvalue weighted by molar-refractivity contribution is -0.198. The molecule has 0 aromatic carbocycles. The van der Waals surface area contributed by atoms with Crippen LogP contribution in [0.3, 0.4) is 0 Å². The zero-order valence-corrected chi connectivity index (χ0v) is 12.8. The summed E-state index contributed by atoms with van der Waals surface area (Å²) in [6, 6.07) is 0. The van der Waals surface area contributed by atoms with Gasteiger partial charge in [-0.25, -0.2) is 4.79 Å². The van der Waals surface area contributed by atoms with E-state index in [0.717, 1.165) is 12.0 Å². The third-order valence-corrected chi connectivity index (χ3v) is 6.72. The molecule has 0 N–H and O–H groups in total. The molecule has 2 aliphatic carbocycles. The summed E-state index contributed by atoms with van der Waals surface area (Å²) in [5, 5.41) is 0. The van der Waals surface area contributed by atoms with Gasteiger partial charge >= 0.3 is 5.97 Å². The van der Waals surface area contributed by atoms with Crippen LogP contribution >= 0.6 is 0 Å². The Bertz CT molecular complexity index is 626. The van der Waals surface area contributed by atoms with Gasteiger partial charge in [0.15, 0.2) is 0 Å². The third-order valence-electron chi connectivity index (χ3n) is 6.72. The van der Waals surface area contributed by atoms with Crippen LogP contribution in [-0.4, -0.2) is 41.8 Å². The van der Waals surface area contributed by atoms with Gasteiger partial charge in [-0.1, -0.05) is 6.92 Å². The Labute approximate surface area is 123 Å². The van der Waals surface area contributed by atoms with Crippen molar-refractivity contribution in [1.82, 2.24) is 0 Å². The van der Waals surface area contributed by atoms with Crippen molar-refractivity contribution in [2.45, 2.75) is 68.7 Å². The second-order valence-corrected chi connectivity index (χ2v) is 7.50. The highest BCUT2D eigenvalue weighted by Gasteiger charge is 2.93. The molecule has 4 fully saturated rings. The largest absolute Gasteiger partial charge is 0.426 e. The van der Waals surface area contributed by atoms with Gasteiger partial charge in [-0.05, 0) is 19.8 Å². The Morgan fingerprint density at radius 3 is 2.81 bits per heavy atom. The Morgan fingerprint density at radius 2 is 2.10 bits per heavy atom. The standard InChI is InChI=1S/C16H20O5/c1-8-5-14(18-4)10(9(2)12(17)20-14)6-15-13(3,21-15)7-11-16(8,15)19-11/h8,11H,5-7H2,1-4H3/t8-,11-,13+,14+,15+,16-/m1/s1. The Kier molecular flexibility index (Phi) is 1.85. The summed E-state index contributed by atoms with van der Waals surface area (Å²) in [5.41, 5.74) is 1.01. The maximum atomic E-state index is 12.1. The van der Waals surface area contributed by atoms with Crippen molar-refractivity contribution in [2.75, 3.05) is 7.11 Å². The Morgan fingerprint density at radius 1 is 1.33 bits per heavy atom. The van der Waals surface area contributed by atoms with E-state index in [1.807, 2.05) is 6.92 Å². The molecular weight excluding hydrogens is 272 g/mol. The second kappa shape index (κ2) is 3.07. The molecule has 0 unspecified atom stereocenters. The zero-order valence-electron chi connectivity index (χ0n) is 12.8. The Balaban J connectivity index is 1.70. The van der Waals surface area contributed by atoms with Crippen molar-refractivity contribution in [3.8, 4) is 0 Å². The minimum atomic E-state index is -0.919. The molecular formula is C16H20O5. The molecule has 2 spiro atoms. The van der Waals surface area contributed by atoms with Gasteiger partial charge in [0.1, 0.15) is 16.8 Å². The fourth-order valence-corrected chi connectivity index (χ4v) is 5.54. The fourth-order valence-electron chi connectivity index (χ4n) is 5.54. The van der Waals surface area contributed by atoms with E-state index in [9.17, 15) is 4.79 Å². The maximum Gasteiger partial charge on any atom is 0.336 e. The molecule has 114 valence electrons. The van der Waals surface area contributed by atoms with E-state index in [1.54, 1.807) is 7.11 Å². The highest BCUT2D eigenvalue weighted by Crippen LogP contribution is 2.79. The van der Waals surface area contributed by atoms with Crippen LogP contribution in [0.25, 0.3) is 0 Å². The van der Waals surface area contributed by atoms with E-state index in [1.165, 1.54) is 0 Å². The van der Waals surface area contributed by atoms with Crippen molar-refractivity contribution >= 4 is 5.97 Å². The summed E-state index contributed by atoms with van der Waals surface area (Å²) in [6.45, 7) is 6.17. The van der Waals surface area contributed by atoms with Crippen LogP contribution in [0.4, 0.5) is 0 Å². The molecule has 6 atom stereocenters. The van der Waals surface area contributed by atoms with Gasteiger partial charge in [0.2, 0.25) is 5.79 Å². The van der Waals surface area contributed by atoms with Crippen molar-refractivity contribution in [3.05, 3.63) is 11.1 Å². The molecule has 5 nitrogen and oxygen atoms in total. The van der Waals surface area contributed by atoms with Crippen LogP contribution in [0, 0.1) is 5.92 Å². The van der Waals surface area contributed by atoms with Crippen LogP contribution < -0.4 is 0 Å². The van der Waals surface area contributed by atoms with Crippen LogP contribution in [0.15, 0.2) is 11.1 Å². The summed E-state index contributed by atoms with van der Waals surface area (Å²) in [4.78, 5) is 12.1. The molecule has 21 heavy (non-hydrogen) atoms. The first kappa shape index (κ1) is 12.6. The Hall–Kier alpha value is -0.910. The molecule has 0 aromatic rings. The smallest absolute Gasteiger partial charge is 0.336 e. The van der Waals surface area contributed by atoms with Crippen LogP contribution in [0.1, 0.15) is 40.0 Å². The van der Waals surface area contributed by atoms with E-state index in [2.05, 4.69) is 13.8 Å². The summed E-state index contributed by atoms with van der Waals surface area (Å²) in [6.07, 6.45) is 2.56. The van der Waals surface area contributed by atoms with Gasteiger partial charge in [0.05, 0.1) is 6.10 Å². The van der Waals surface area contributed by atoms with Gasteiger partial charge in [-0.3, -0.25) is 0 Å². The first-order valence-corrected chi connectivity index (χ1v) is 7.71. The quantitative estimate of drug-likeness (QED) is 0.544. The van der Waals surface area contributed by atoms with Crippen molar-refractivity contribution < 1.29 is 23.7 Å². The molecule has 0 aromatic heterocycles. The topological polar surface area (TPSA) is 60.6 Å². The van der Waals surface area contributed by atoms with E-state index in [0.29, 0.717) is 18.4 Å². The van der Waals surface area contributed by atoms with Gasteiger partial charge < -0.3 is 18.9 Å². The molecule has 0 bridgehead atoms. The fraction of sp³-hybridized carbons (Fsp3) is 0.812. The molecule has 0 radical (unpaired) electrons. The first-order chi connectivity index (χ1) is 9.84. The summed E-state index contributed by atoms with van der Waals surface area (Å²) in [7, 11) is 1.62. The lowest BCUT2D eigenvalue weighted by Crippen LogP contribution is -2.41. The first-order valence-electron chi connectivity index (χ1n) is 7.71. The number of ether oxygens (including phenoxy) is 4. The van der Waals surface area contributed by atoms with Gasteiger partial charge in [0, 0.05) is 37.5 Å². The minimum absolute atomic E-state index is 0.118. The predicted molar refractivity (Wildman–Crippen MR) is 71.4 cm³/mol. The number of hydrogen-bond donors (Lipinski definition) is 0. The lowest BCUT2D eigenvalue weighted by Gasteiger charge is -2.30. The number of carbonyl (C=O) groups is 1. The molecule has 2 saturated carbocycles. The summed E-state index contributed by atoms with van der Waals surface area (Å²) in [5.74, 6) is -0.958. The number of carbonyl (C=O) groups excluding carboxylic acids is 1. The van der Waals surface area contributed by atoms with E-state index in [-0.39, 0.29) is 34.8 Å². The average molecular weight is 292 g/mol. The highest BCUT2D eigenvalue weighted by molar-refractivity contribution is 5.92. The highest BCUT2D eigenvalue weighted by atomic mass is 16.7. The monoisotopic (exact) mass is 292 g/mol. The molecule has 2 saturated heterocycles. The minimum Gasteiger partial charge on any atom is -0.426 e. The lowest BCUT2D eigenvalue weighted by atomic mass is 9.78. The number of hydrogen-bond acceptors (Lipinski definition) is 5. The van der Waals surface area contributed by atoms with Gasteiger partial charge in [0.25, 0.3) is 0 Å². The van der Waals surface area contributed by atoms with Crippen molar-refractivity contribution in [2.24, 2.45) is 5.92 Å². The van der Waals surface area contributed by atoms with Crippen molar-refractivity contribution in [1.29, 1.82) is 0 Å². The SMILES string of the molecule is CO[C@]12C[C@@H](C)[C@@]34O[C@@H]3C[C@]3(C)O[C@]43CC1=C(C)C(=O)O2. The van der Waals surface area contributed by atoms with Crippen LogP contribution in [0.2, 0.25) is 0 Å². The zero-order chi connectivity index (χ0) is 14.8. The molecule has 5 aliphatic rings. The van der Waals surface area contributed by atoms with Crippen molar-refractivity contribution in [3.63, 3.8) is 0 Å². The molecule has 3 aliphatic heterocycles. The van der Waals surface area contributed by atoms with Crippen LogP contribution in [0.5, 0.6) is 0 Å². The van der Waals surface area contributed by atoms with E-state index >= 15 is 0 Å². The maximum absolute atomic E-state index is 12.1. The normalized spacial score (nSPS) is 59.7. The third kappa shape index (κ3) is 1.04. The second-order valence-electron chi connectivity index (χ2n) is 7.50. The number of methoxy groups -OCH3 is 1. The van der Waals surface area contributed by atoms with Crippen LogP contribution in [-0.2, 0) is 23.7 Å². The average Bonchev–Trinajstić information content (AvgIpc) is 3.26. The molecule has 5 rings (SSSR count). The molecule has 0 amide bonds. The van der Waals surface area contributed by atoms with E-state index < -0.39 is 5.79 Å². The van der Waals surface area contributed by atoms with Gasteiger partial charge in [-0.15, -0.1) is 0 Å². The number of epoxide rings is 2. The summed E-state index contributed by atoms with van der Waals surface area (Å²) >= 11 is 0. The number of fused-ring (bicyclic) bond motifs is 1. The predicted octanol–water partition coefficient (Wildman–Crippen LogP) is 1.70. The molecule has 3 heterocycles. The molecule has 5 heteroatoms. The van der Waals surface area contributed by atoms with E-state index in [4.69, 9.17) is 18.9 Å².